The molecule has 0 fully saturated rings. The van der Waals surface area contributed by atoms with E-state index in [1.807, 2.05) is 26.8 Å². The van der Waals surface area contributed by atoms with Crippen LogP contribution in [0, 0.1) is 0 Å². The second kappa shape index (κ2) is 7.93. The van der Waals surface area contributed by atoms with Gasteiger partial charge in [0.05, 0.1) is 0 Å². The van der Waals surface area contributed by atoms with Gasteiger partial charge in [-0.3, -0.25) is 0 Å². The van der Waals surface area contributed by atoms with E-state index in [-0.39, 0.29) is 5.41 Å². The molecule has 0 aliphatic carbocycles. The minimum atomic E-state index is -2.61. The minimum absolute atomic E-state index is 0.0347. The molecule has 20 heavy (non-hydrogen) atoms. The van der Waals surface area contributed by atoms with Crippen LogP contribution in [0.25, 0.3) is 0 Å². The van der Waals surface area contributed by atoms with Crippen LogP contribution in [0.5, 0.6) is 0 Å². The lowest BCUT2D eigenvalue weighted by atomic mass is 9.87. The molecular weight excluding hydrogens is 268 g/mol. The van der Waals surface area contributed by atoms with Crippen molar-refractivity contribution in [1.29, 1.82) is 0 Å². The van der Waals surface area contributed by atoms with Gasteiger partial charge in [0.2, 0.25) is 0 Å². The first-order valence-corrected chi connectivity index (χ1v) is 9.40. The predicted octanol–water partition coefficient (Wildman–Crippen LogP) is 4.01. The molecule has 0 heterocycles. The minimum Gasteiger partial charge on any atom is -0.374 e. The van der Waals surface area contributed by atoms with Crippen LogP contribution in [0.4, 0.5) is 0 Å². The molecule has 114 valence electrons. The molecule has 0 aliphatic rings. The Bertz CT molecular complexity index is 362. The van der Waals surface area contributed by atoms with Gasteiger partial charge < -0.3 is 13.3 Å². The maximum Gasteiger partial charge on any atom is 0.501 e. The smallest absolute Gasteiger partial charge is 0.374 e. The number of rotatable bonds is 9. The molecule has 3 nitrogen and oxygen atoms in total. The number of hydrogen-bond donors (Lipinski definition) is 0. The van der Waals surface area contributed by atoms with Gasteiger partial charge in [-0.1, -0.05) is 44.2 Å². The molecule has 0 unspecified atom stereocenters. The van der Waals surface area contributed by atoms with E-state index in [0.717, 1.165) is 6.04 Å². The van der Waals surface area contributed by atoms with Crippen LogP contribution < -0.4 is 0 Å². The quantitative estimate of drug-likeness (QED) is 0.644. The van der Waals surface area contributed by atoms with Gasteiger partial charge in [-0.05, 0) is 31.7 Å². The molecule has 0 radical (unpaired) electrons. The van der Waals surface area contributed by atoms with E-state index in [0.29, 0.717) is 19.8 Å². The van der Waals surface area contributed by atoms with Crippen LogP contribution in [0.1, 0.15) is 40.2 Å². The van der Waals surface area contributed by atoms with Gasteiger partial charge >= 0.3 is 8.80 Å². The lowest BCUT2D eigenvalue weighted by Gasteiger charge is -2.35. The van der Waals surface area contributed by atoms with Crippen LogP contribution in [-0.2, 0) is 18.7 Å². The molecule has 0 amide bonds. The summed E-state index contributed by atoms with van der Waals surface area (Å²) in [6.45, 7) is 12.3. The Labute approximate surface area is 124 Å². The lowest BCUT2D eigenvalue weighted by Crippen LogP contribution is -2.49. The highest BCUT2D eigenvalue weighted by Crippen LogP contribution is 2.34. The molecule has 0 N–H and O–H groups in total. The number of hydrogen-bond acceptors (Lipinski definition) is 3. The summed E-state index contributed by atoms with van der Waals surface area (Å²) < 4.78 is 17.9. The maximum absolute atomic E-state index is 5.96. The van der Waals surface area contributed by atoms with Crippen molar-refractivity contribution in [3.63, 3.8) is 0 Å². The summed E-state index contributed by atoms with van der Waals surface area (Å²) in [4.78, 5) is 0. The van der Waals surface area contributed by atoms with Crippen LogP contribution in [0.15, 0.2) is 30.3 Å². The largest absolute Gasteiger partial charge is 0.501 e. The fourth-order valence-corrected chi connectivity index (χ4v) is 5.63. The summed E-state index contributed by atoms with van der Waals surface area (Å²) in [5.41, 5.74) is 1.25. The molecule has 1 aromatic carbocycles. The molecule has 0 aliphatic heterocycles. The van der Waals surface area contributed by atoms with Gasteiger partial charge in [-0.15, -0.1) is 0 Å². The van der Waals surface area contributed by atoms with Crippen molar-refractivity contribution in [2.45, 2.75) is 46.1 Å². The van der Waals surface area contributed by atoms with Crippen molar-refractivity contribution >= 4 is 8.80 Å². The molecule has 1 aromatic rings. The second-order valence-corrected chi connectivity index (χ2v) is 7.99. The Kier molecular flexibility index (Phi) is 6.89. The highest BCUT2D eigenvalue weighted by Gasteiger charge is 2.46. The van der Waals surface area contributed by atoms with Gasteiger partial charge in [0, 0.05) is 25.9 Å². The summed E-state index contributed by atoms with van der Waals surface area (Å²) in [6, 6.07) is 11.3. The standard InChI is InChI=1S/C16H28O3Si/c1-6-17-20(18-7-2,19-8-3)14-16(4,5)15-12-10-9-11-13-15/h9-13H,6-8,14H2,1-5H3. The van der Waals surface area contributed by atoms with Crippen LogP contribution in [0.2, 0.25) is 6.04 Å². The topological polar surface area (TPSA) is 27.7 Å². The zero-order valence-corrected chi connectivity index (χ0v) is 14.4. The fourth-order valence-electron chi connectivity index (χ4n) is 2.47. The van der Waals surface area contributed by atoms with Gasteiger partial charge in [0.1, 0.15) is 0 Å². The molecule has 0 saturated heterocycles. The highest BCUT2D eigenvalue weighted by atomic mass is 28.4. The Balaban J connectivity index is 2.97. The Hall–Kier alpha value is -0.683. The monoisotopic (exact) mass is 296 g/mol. The average molecular weight is 296 g/mol. The van der Waals surface area contributed by atoms with Gasteiger partial charge in [0.15, 0.2) is 0 Å². The maximum atomic E-state index is 5.96. The van der Waals surface area contributed by atoms with Crippen LogP contribution in [0.3, 0.4) is 0 Å². The van der Waals surface area contributed by atoms with Crippen molar-refractivity contribution in [3.05, 3.63) is 35.9 Å². The van der Waals surface area contributed by atoms with Crippen molar-refractivity contribution in [2.24, 2.45) is 0 Å². The Morgan fingerprint density at radius 2 is 1.30 bits per heavy atom. The third-order valence-electron chi connectivity index (χ3n) is 3.31. The predicted molar refractivity (Wildman–Crippen MR) is 84.9 cm³/mol. The first-order valence-electron chi connectivity index (χ1n) is 7.47. The normalized spacial score (nSPS) is 12.7. The van der Waals surface area contributed by atoms with Crippen molar-refractivity contribution in [3.8, 4) is 0 Å². The third kappa shape index (κ3) is 4.70. The fraction of sp³-hybridized carbons (Fsp3) is 0.625. The van der Waals surface area contributed by atoms with E-state index in [1.165, 1.54) is 5.56 Å². The Morgan fingerprint density at radius 3 is 1.70 bits per heavy atom. The summed E-state index contributed by atoms with van der Waals surface area (Å²) in [5, 5.41) is 0. The first-order chi connectivity index (χ1) is 9.49. The lowest BCUT2D eigenvalue weighted by molar-refractivity contribution is 0.0664. The van der Waals surface area contributed by atoms with Crippen LogP contribution in [-0.4, -0.2) is 28.6 Å². The van der Waals surface area contributed by atoms with Gasteiger partial charge in [0.25, 0.3) is 0 Å². The van der Waals surface area contributed by atoms with E-state index in [1.54, 1.807) is 0 Å². The molecule has 1 rings (SSSR count). The van der Waals surface area contributed by atoms with E-state index in [2.05, 4.69) is 38.1 Å². The van der Waals surface area contributed by atoms with Crippen molar-refractivity contribution < 1.29 is 13.3 Å². The van der Waals surface area contributed by atoms with E-state index in [4.69, 9.17) is 13.3 Å². The molecule has 0 spiro atoms. The summed E-state index contributed by atoms with van der Waals surface area (Å²) in [7, 11) is -2.61. The van der Waals surface area contributed by atoms with Crippen molar-refractivity contribution in [2.75, 3.05) is 19.8 Å². The van der Waals surface area contributed by atoms with Gasteiger partial charge in [-0.25, -0.2) is 0 Å². The van der Waals surface area contributed by atoms with Gasteiger partial charge in [-0.2, -0.15) is 0 Å². The van der Waals surface area contributed by atoms with E-state index >= 15 is 0 Å². The summed E-state index contributed by atoms with van der Waals surface area (Å²) in [5.74, 6) is 0. The Morgan fingerprint density at radius 1 is 0.850 bits per heavy atom. The zero-order chi connectivity index (χ0) is 15.1. The molecule has 0 bridgehead atoms. The zero-order valence-electron chi connectivity index (χ0n) is 13.4. The number of benzene rings is 1. The van der Waals surface area contributed by atoms with E-state index in [9.17, 15) is 0 Å². The molecular formula is C16H28O3Si. The first kappa shape index (κ1) is 17.4. The average Bonchev–Trinajstić information content (AvgIpc) is 2.40. The SMILES string of the molecule is CCO[Si](CC(C)(C)c1ccccc1)(OCC)OCC. The molecule has 0 atom stereocenters. The molecule has 0 saturated carbocycles. The van der Waals surface area contributed by atoms with E-state index < -0.39 is 8.80 Å². The van der Waals surface area contributed by atoms with Crippen LogP contribution >= 0.6 is 0 Å². The summed E-state index contributed by atoms with van der Waals surface area (Å²) >= 11 is 0. The third-order valence-corrected chi connectivity index (χ3v) is 6.81. The molecule has 0 aromatic heterocycles. The highest BCUT2D eigenvalue weighted by molar-refractivity contribution is 6.61. The second-order valence-electron chi connectivity index (χ2n) is 5.41. The summed E-state index contributed by atoms with van der Waals surface area (Å²) in [6.07, 6.45) is 0. The molecule has 4 heteroatoms. The van der Waals surface area contributed by atoms with Crippen molar-refractivity contribution in [1.82, 2.24) is 0 Å².